The van der Waals surface area contributed by atoms with Crippen LogP contribution in [0.3, 0.4) is 0 Å². The first-order valence-corrected chi connectivity index (χ1v) is 6.70. The Balaban J connectivity index is 2.11. The minimum Gasteiger partial charge on any atom is -0.343 e. The zero-order chi connectivity index (χ0) is 13.9. The number of benzene rings is 1. The Hall–Kier alpha value is -2.54. The van der Waals surface area contributed by atoms with Crippen LogP contribution in [-0.2, 0) is 13.1 Å². The van der Waals surface area contributed by atoms with E-state index in [2.05, 4.69) is 45.3 Å². The summed E-state index contributed by atoms with van der Waals surface area (Å²) in [7, 11) is 0. The van der Waals surface area contributed by atoms with Gasteiger partial charge in [-0.05, 0) is 13.0 Å². The Morgan fingerprint density at radius 3 is 2.90 bits per heavy atom. The number of hydrogen-bond donors (Lipinski definition) is 0. The van der Waals surface area contributed by atoms with E-state index in [4.69, 9.17) is 5.26 Å². The first kappa shape index (κ1) is 12.5. The standard InChI is InChI=1S/C16H16N4/c1-13-15(11-19-10-8-18-12-19)14-5-2-3-6-16(14)20(13)9-4-7-17/h2-3,5-6,8,10,12H,4,9,11H2,1H3. The van der Waals surface area contributed by atoms with Crippen molar-refractivity contribution in [2.45, 2.75) is 26.4 Å². The largest absolute Gasteiger partial charge is 0.343 e. The van der Waals surface area contributed by atoms with Gasteiger partial charge >= 0.3 is 0 Å². The van der Waals surface area contributed by atoms with Crippen LogP contribution in [0, 0.1) is 18.3 Å². The van der Waals surface area contributed by atoms with Gasteiger partial charge < -0.3 is 9.13 Å². The maximum absolute atomic E-state index is 8.83. The maximum atomic E-state index is 8.83. The molecule has 0 amide bonds. The number of imidazole rings is 1. The average Bonchev–Trinajstić information content (AvgIpc) is 3.06. The van der Waals surface area contributed by atoms with Crippen LogP contribution < -0.4 is 0 Å². The lowest BCUT2D eigenvalue weighted by Crippen LogP contribution is -2.02. The summed E-state index contributed by atoms with van der Waals surface area (Å²) in [5, 5.41) is 10.1. The van der Waals surface area contributed by atoms with E-state index >= 15 is 0 Å². The normalized spacial score (nSPS) is 10.8. The van der Waals surface area contributed by atoms with Crippen molar-refractivity contribution in [2.75, 3.05) is 0 Å². The first-order chi connectivity index (χ1) is 9.81. The quantitative estimate of drug-likeness (QED) is 0.727. The lowest BCUT2D eigenvalue weighted by atomic mass is 10.1. The smallest absolute Gasteiger partial charge is 0.0949 e. The molecule has 0 atom stereocenters. The van der Waals surface area contributed by atoms with Crippen LogP contribution in [0.1, 0.15) is 17.7 Å². The zero-order valence-corrected chi connectivity index (χ0v) is 11.5. The minimum absolute atomic E-state index is 0.532. The molecule has 0 aliphatic rings. The summed E-state index contributed by atoms with van der Waals surface area (Å²) in [6.07, 6.45) is 6.13. The minimum atomic E-state index is 0.532. The number of fused-ring (bicyclic) bond motifs is 1. The molecule has 1 aromatic carbocycles. The van der Waals surface area contributed by atoms with Gasteiger partial charge in [0.1, 0.15) is 0 Å². The fraction of sp³-hybridized carbons (Fsp3) is 0.250. The lowest BCUT2D eigenvalue weighted by Gasteiger charge is -2.06. The molecule has 2 aromatic heterocycles. The Kier molecular flexibility index (Phi) is 3.26. The number of para-hydroxylation sites is 1. The van der Waals surface area contributed by atoms with Gasteiger partial charge in [0.2, 0.25) is 0 Å². The SMILES string of the molecule is Cc1c(Cn2ccnc2)c2ccccc2n1CCC#N. The van der Waals surface area contributed by atoms with Crippen molar-refractivity contribution in [3.05, 3.63) is 54.2 Å². The molecule has 4 heteroatoms. The number of aromatic nitrogens is 3. The van der Waals surface area contributed by atoms with Crippen molar-refractivity contribution in [1.29, 1.82) is 5.26 Å². The topological polar surface area (TPSA) is 46.5 Å². The summed E-state index contributed by atoms with van der Waals surface area (Å²) in [6.45, 7) is 3.68. The zero-order valence-electron chi connectivity index (χ0n) is 11.5. The number of hydrogen-bond acceptors (Lipinski definition) is 2. The molecule has 0 unspecified atom stereocenters. The molecule has 0 N–H and O–H groups in total. The van der Waals surface area contributed by atoms with E-state index in [0.717, 1.165) is 13.1 Å². The molecular formula is C16H16N4. The summed E-state index contributed by atoms with van der Waals surface area (Å²) in [4.78, 5) is 4.10. The van der Waals surface area contributed by atoms with Gasteiger partial charge in [0.25, 0.3) is 0 Å². The third-order valence-electron chi connectivity index (χ3n) is 3.71. The molecule has 0 fully saturated rings. The van der Waals surface area contributed by atoms with Crippen molar-refractivity contribution in [2.24, 2.45) is 0 Å². The maximum Gasteiger partial charge on any atom is 0.0949 e. The van der Waals surface area contributed by atoms with E-state index < -0.39 is 0 Å². The van der Waals surface area contributed by atoms with Gasteiger partial charge in [-0.3, -0.25) is 0 Å². The van der Waals surface area contributed by atoms with E-state index in [-0.39, 0.29) is 0 Å². The molecule has 0 aliphatic carbocycles. The Labute approximate surface area is 117 Å². The van der Waals surface area contributed by atoms with Crippen LogP contribution in [-0.4, -0.2) is 14.1 Å². The summed E-state index contributed by atoms with van der Waals surface area (Å²) in [6, 6.07) is 10.6. The Morgan fingerprint density at radius 1 is 1.30 bits per heavy atom. The molecule has 2 heterocycles. The molecule has 0 radical (unpaired) electrons. The number of nitriles is 1. The molecule has 4 nitrogen and oxygen atoms in total. The Morgan fingerprint density at radius 2 is 2.15 bits per heavy atom. The predicted molar refractivity (Wildman–Crippen MR) is 78.2 cm³/mol. The molecule has 0 aliphatic heterocycles. The molecule has 20 heavy (non-hydrogen) atoms. The molecule has 0 spiro atoms. The van der Waals surface area contributed by atoms with Crippen LogP contribution in [0.5, 0.6) is 0 Å². The van der Waals surface area contributed by atoms with Crippen LogP contribution in [0.4, 0.5) is 0 Å². The average molecular weight is 264 g/mol. The highest BCUT2D eigenvalue weighted by atomic mass is 15.0. The fourth-order valence-electron chi connectivity index (χ4n) is 2.72. The highest BCUT2D eigenvalue weighted by molar-refractivity contribution is 5.85. The lowest BCUT2D eigenvalue weighted by molar-refractivity contribution is 0.707. The van der Waals surface area contributed by atoms with Crippen molar-refractivity contribution in [3.8, 4) is 6.07 Å². The summed E-state index contributed by atoms with van der Waals surface area (Å²) < 4.78 is 4.31. The fourth-order valence-corrected chi connectivity index (χ4v) is 2.72. The number of rotatable bonds is 4. The van der Waals surface area contributed by atoms with E-state index in [0.29, 0.717) is 6.42 Å². The second-order valence-corrected chi connectivity index (χ2v) is 4.88. The van der Waals surface area contributed by atoms with Crippen LogP contribution in [0.15, 0.2) is 43.0 Å². The third kappa shape index (κ3) is 2.08. The summed E-state index contributed by atoms with van der Waals surface area (Å²) >= 11 is 0. The third-order valence-corrected chi connectivity index (χ3v) is 3.71. The van der Waals surface area contributed by atoms with Gasteiger partial charge in [-0.1, -0.05) is 18.2 Å². The first-order valence-electron chi connectivity index (χ1n) is 6.70. The highest BCUT2D eigenvalue weighted by Crippen LogP contribution is 2.26. The van der Waals surface area contributed by atoms with Gasteiger partial charge in [-0.2, -0.15) is 5.26 Å². The van der Waals surface area contributed by atoms with E-state index in [1.165, 1.54) is 22.2 Å². The van der Waals surface area contributed by atoms with Crippen molar-refractivity contribution < 1.29 is 0 Å². The molecule has 0 saturated carbocycles. The van der Waals surface area contributed by atoms with Gasteiger partial charge in [0.15, 0.2) is 0 Å². The van der Waals surface area contributed by atoms with Crippen LogP contribution in [0.2, 0.25) is 0 Å². The number of aryl methyl sites for hydroxylation is 1. The van der Waals surface area contributed by atoms with Crippen molar-refractivity contribution in [3.63, 3.8) is 0 Å². The molecular weight excluding hydrogens is 248 g/mol. The predicted octanol–water partition coefficient (Wildman–Crippen LogP) is 3.11. The van der Waals surface area contributed by atoms with E-state index in [1.807, 2.05) is 18.6 Å². The van der Waals surface area contributed by atoms with E-state index in [9.17, 15) is 0 Å². The number of nitrogens with zero attached hydrogens (tertiary/aromatic N) is 4. The summed E-state index contributed by atoms with van der Waals surface area (Å²) in [5.41, 5.74) is 3.74. The molecule has 100 valence electrons. The van der Waals surface area contributed by atoms with Gasteiger partial charge in [0.05, 0.1) is 25.4 Å². The highest BCUT2D eigenvalue weighted by Gasteiger charge is 2.13. The van der Waals surface area contributed by atoms with Gasteiger partial charge in [-0.25, -0.2) is 4.98 Å². The van der Waals surface area contributed by atoms with Crippen molar-refractivity contribution in [1.82, 2.24) is 14.1 Å². The van der Waals surface area contributed by atoms with Crippen LogP contribution in [0.25, 0.3) is 10.9 Å². The molecule has 0 bridgehead atoms. The van der Waals surface area contributed by atoms with Gasteiger partial charge in [-0.15, -0.1) is 0 Å². The van der Waals surface area contributed by atoms with Crippen molar-refractivity contribution >= 4 is 10.9 Å². The molecule has 0 saturated heterocycles. The summed E-state index contributed by atoms with van der Waals surface area (Å²) in [5.74, 6) is 0. The van der Waals surface area contributed by atoms with Gasteiger partial charge in [0, 0.05) is 41.1 Å². The second kappa shape index (κ2) is 5.22. The molecule has 3 rings (SSSR count). The Bertz CT molecular complexity index is 760. The second-order valence-electron chi connectivity index (χ2n) is 4.88. The van der Waals surface area contributed by atoms with E-state index in [1.54, 1.807) is 6.20 Å². The molecule has 3 aromatic rings. The van der Waals surface area contributed by atoms with Crippen LogP contribution >= 0.6 is 0 Å². The monoisotopic (exact) mass is 264 g/mol.